The third-order valence-corrected chi connectivity index (χ3v) is 8.63. The van der Waals surface area contributed by atoms with Crippen LogP contribution in [0, 0.1) is 11.8 Å². The molecule has 0 aromatic heterocycles. The molecule has 0 aromatic carbocycles. The summed E-state index contributed by atoms with van der Waals surface area (Å²) in [4.78, 5) is 24.1. The molecular weight excluding hydrogens is 560 g/mol. The molecule has 0 fully saturated rings. The van der Waals surface area contributed by atoms with Crippen molar-refractivity contribution in [3.05, 3.63) is 12.2 Å². The van der Waals surface area contributed by atoms with E-state index in [2.05, 4.69) is 12.2 Å². The molecule has 9 heteroatoms. The minimum atomic E-state index is -1.08. The molecule has 0 radical (unpaired) electrons. The lowest BCUT2D eigenvalue weighted by Crippen LogP contribution is -2.46. The summed E-state index contributed by atoms with van der Waals surface area (Å²) in [7, 11) is 0. The molecule has 0 aromatic rings. The number of carbonyl (C=O) groups is 2. The highest BCUT2D eigenvalue weighted by molar-refractivity contribution is 5.79. The summed E-state index contributed by atoms with van der Waals surface area (Å²) >= 11 is 0. The molecule has 7 atom stereocenters. The number of aliphatic hydroxyl groups is 5. The van der Waals surface area contributed by atoms with E-state index in [4.69, 9.17) is 5.73 Å². The second-order valence-corrected chi connectivity index (χ2v) is 13.1. The SMILES string of the molecule is CCCCCCCC(O)CCCCCCCC(=O)NC(CC(N)=O)C(O)CC(O)CCCC/C=C/C(CO)CC(C)C(C)O. The van der Waals surface area contributed by atoms with Crippen LogP contribution in [-0.4, -0.2) is 74.4 Å². The predicted octanol–water partition coefficient (Wildman–Crippen LogP) is 5.04. The van der Waals surface area contributed by atoms with Crippen molar-refractivity contribution in [1.82, 2.24) is 5.32 Å². The standard InChI is InChI=1S/C35H68N2O7/c1-4-5-6-8-14-19-30(40)20-15-9-7-10-17-22-35(44)37-32(25-34(36)43)33(42)24-31(41)21-16-12-11-13-18-29(26-38)23-27(2)28(3)39/h13,18,27-33,38-42H,4-12,14-17,19-26H2,1-3H3,(H2,36,43)(H,37,44)/b18-13+. The molecule has 7 unspecified atom stereocenters. The largest absolute Gasteiger partial charge is 0.396 e. The highest BCUT2D eigenvalue weighted by Crippen LogP contribution is 2.18. The molecule has 0 aliphatic heterocycles. The van der Waals surface area contributed by atoms with Crippen molar-refractivity contribution in [1.29, 1.82) is 0 Å². The van der Waals surface area contributed by atoms with Gasteiger partial charge in [0.1, 0.15) is 0 Å². The highest BCUT2D eigenvalue weighted by atomic mass is 16.3. The van der Waals surface area contributed by atoms with E-state index in [9.17, 15) is 35.1 Å². The first-order chi connectivity index (χ1) is 21.0. The first-order valence-corrected chi connectivity index (χ1v) is 17.6. The smallest absolute Gasteiger partial charge is 0.220 e. The summed E-state index contributed by atoms with van der Waals surface area (Å²) in [5.74, 6) is -0.739. The molecule has 0 rings (SSSR count). The molecule has 2 amide bonds. The maximum atomic E-state index is 12.5. The third-order valence-electron chi connectivity index (χ3n) is 8.63. The van der Waals surface area contributed by atoms with Crippen LogP contribution in [0.2, 0.25) is 0 Å². The zero-order chi connectivity index (χ0) is 33.2. The number of primary amides is 1. The molecule has 0 bridgehead atoms. The van der Waals surface area contributed by atoms with Gasteiger partial charge in [0.2, 0.25) is 11.8 Å². The fourth-order valence-electron chi connectivity index (χ4n) is 5.48. The number of carbonyl (C=O) groups excluding carboxylic acids is 2. The predicted molar refractivity (Wildman–Crippen MR) is 178 cm³/mol. The van der Waals surface area contributed by atoms with Crippen LogP contribution in [0.15, 0.2) is 12.2 Å². The van der Waals surface area contributed by atoms with E-state index in [1.54, 1.807) is 6.92 Å². The molecule has 0 aliphatic carbocycles. The Labute approximate surface area is 268 Å². The van der Waals surface area contributed by atoms with Gasteiger partial charge >= 0.3 is 0 Å². The Bertz CT molecular complexity index is 734. The average molecular weight is 629 g/mol. The normalized spacial score (nSPS) is 16.7. The maximum absolute atomic E-state index is 12.5. The Morgan fingerprint density at radius 1 is 0.773 bits per heavy atom. The summed E-state index contributed by atoms with van der Waals surface area (Å²) in [6, 6.07) is -0.833. The Morgan fingerprint density at radius 3 is 1.93 bits per heavy atom. The Balaban J connectivity index is 4.22. The van der Waals surface area contributed by atoms with E-state index in [0.717, 1.165) is 70.6 Å². The van der Waals surface area contributed by atoms with Crippen molar-refractivity contribution in [3.8, 4) is 0 Å². The third kappa shape index (κ3) is 24.8. The van der Waals surface area contributed by atoms with Gasteiger partial charge in [0.05, 0.1) is 30.5 Å². The van der Waals surface area contributed by atoms with Crippen LogP contribution in [-0.2, 0) is 9.59 Å². The summed E-state index contributed by atoms with van der Waals surface area (Å²) in [5.41, 5.74) is 5.36. The van der Waals surface area contributed by atoms with Gasteiger partial charge in [-0.15, -0.1) is 0 Å². The van der Waals surface area contributed by atoms with Crippen molar-refractivity contribution < 1.29 is 35.1 Å². The van der Waals surface area contributed by atoms with E-state index >= 15 is 0 Å². The van der Waals surface area contributed by atoms with Crippen molar-refractivity contribution in [2.75, 3.05) is 6.61 Å². The van der Waals surface area contributed by atoms with Crippen LogP contribution in [0.1, 0.15) is 149 Å². The van der Waals surface area contributed by atoms with E-state index in [1.165, 1.54) is 25.7 Å². The monoisotopic (exact) mass is 629 g/mol. The summed E-state index contributed by atoms with van der Waals surface area (Å²) in [6.07, 6.45) is 17.7. The first kappa shape index (κ1) is 42.5. The van der Waals surface area contributed by atoms with Crippen molar-refractivity contribution in [3.63, 3.8) is 0 Å². The summed E-state index contributed by atoms with van der Waals surface area (Å²) in [5, 5.41) is 53.2. The topological polar surface area (TPSA) is 173 Å². The number of hydrogen-bond acceptors (Lipinski definition) is 7. The van der Waals surface area contributed by atoms with Gasteiger partial charge in [-0.25, -0.2) is 0 Å². The number of allylic oxidation sites excluding steroid dienone is 1. The average Bonchev–Trinajstić information content (AvgIpc) is 2.96. The van der Waals surface area contributed by atoms with E-state index in [0.29, 0.717) is 19.3 Å². The Hall–Kier alpha value is -1.52. The van der Waals surface area contributed by atoms with Crippen LogP contribution >= 0.6 is 0 Å². The zero-order valence-corrected chi connectivity index (χ0v) is 28.2. The summed E-state index contributed by atoms with van der Waals surface area (Å²) < 4.78 is 0. The quantitative estimate of drug-likeness (QED) is 0.0431. The van der Waals surface area contributed by atoms with Crippen LogP contribution in [0.3, 0.4) is 0 Å². The zero-order valence-electron chi connectivity index (χ0n) is 28.2. The minimum absolute atomic E-state index is 0.0114. The lowest BCUT2D eigenvalue weighted by molar-refractivity contribution is -0.124. The maximum Gasteiger partial charge on any atom is 0.220 e. The molecule has 9 nitrogen and oxygen atoms in total. The first-order valence-electron chi connectivity index (χ1n) is 17.6. The lowest BCUT2D eigenvalue weighted by Gasteiger charge is -2.25. The van der Waals surface area contributed by atoms with E-state index < -0.39 is 30.3 Å². The van der Waals surface area contributed by atoms with Gasteiger partial charge in [0.15, 0.2) is 0 Å². The second kappa shape index (κ2) is 27.8. The van der Waals surface area contributed by atoms with Crippen LogP contribution in [0.5, 0.6) is 0 Å². The Morgan fingerprint density at radius 2 is 1.34 bits per heavy atom. The molecule has 0 aliphatic rings. The van der Waals surface area contributed by atoms with E-state index in [1.807, 2.05) is 19.1 Å². The molecule has 0 saturated carbocycles. The summed E-state index contributed by atoms with van der Waals surface area (Å²) in [6.45, 7) is 5.96. The van der Waals surface area contributed by atoms with Crippen molar-refractivity contribution in [2.24, 2.45) is 17.6 Å². The number of nitrogens with two attached hydrogens (primary N) is 1. The number of amides is 2. The van der Waals surface area contributed by atoms with Crippen LogP contribution in [0.25, 0.3) is 0 Å². The van der Waals surface area contributed by atoms with Crippen LogP contribution in [0.4, 0.5) is 0 Å². The van der Waals surface area contributed by atoms with E-state index in [-0.39, 0.29) is 43.3 Å². The minimum Gasteiger partial charge on any atom is -0.396 e. The molecule has 0 heterocycles. The molecule has 44 heavy (non-hydrogen) atoms. The molecule has 0 spiro atoms. The Kier molecular flexibility index (Phi) is 26.8. The number of hydrogen-bond donors (Lipinski definition) is 7. The van der Waals surface area contributed by atoms with Gasteiger partial charge < -0.3 is 36.6 Å². The van der Waals surface area contributed by atoms with Gasteiger partial charge in [0.25, 0.3) is 0 Å². The second-order valence-electron chi connectivity index (χ2n) is 13.1. The molecule has 260 valence electrons. The van der Waals surface area contributed by atoms with Gasteiger partial charge in [-0.05, 0) is 57.8 Å². The number of nitrogens with one attached hydrogen (secondary N) is 1. The fraction of sp³-hybridized carbons (Fsp3) is 0.886. The highest BCUT2D eigenvalue weighted by Gasteiger charge is 2.25. The van der Waals surface area contributed by atoms with Gasteiger partial charge in [-0.2, -0.15) is 0 Å². The van der Waals surface area contributed by atoms with Gasteiger partial charge in [0, 0.05) is 31.8 Å². The lowest BCUT2D eigenvalue weighted by atomic mass is 9.92. The molecule has 0 saturated heterocycles. The fourth-order valence-corrected chi connectivity index (χ4v) is 5.48. The molecular formula is C35H68N2O7. The number of unbranched alkanes of at least 4 members (excludes halogenated alkanes) is 10. The number of rotatable bonds is 30. The van der Waals surface area contributed by atoms with Crippen molar-refractivity contribution in [2.45, 2.75) is 180 Å². The van der Waals surface area contributed by atoms with Crippen molar-refractivity contribution >= 4 is 11.8 Å². The van der Waals surface area contributed by atoms with Gasteiger partial charge in [-0.3, -0.25) is 9.59 Å². The number of aliphatic hydroxyl groups excluding tert-OH is 5. The van der Waals surface area contributed by atoms with Crippen LogP contribution < -0.4 is 11.1 Å². The van der Waals surface area contributed by atoms with Gasteiger partial charge in [-0.1, -0.05) is 90.2 Å². The molecule has 8 N–H and O–H groups in total.